The Morgan fingerprint density at radius 3 is 2.58 bits per heavy atom. The van der Waals surface area contributed by atoms with Crippen LogP contribution in [0.3, 0.4) is 0 Å². The molecule has 1 aromatic rings. The van der Waals surface area contributed by atoms with E-state index >= 15 is 0 Å². The number of nitrogens with one attached hydrogen (secondary N) is 1. The molecule has 19 heavy (non-hydrogen) atoms. The van der Waals surface area contributed by atoms with E-state index in [0.717, 1.165) is 31.5 Å². The van der Waals surface area contributed by atoms with Crippen LogP contribution in [0.1, 0.15) is 32.3 Å². The molecule has 1 fully saturated rings. The van der Waals surface area contributed by atoms with Crippen LogP contribution in [0.5, 0.6) is 0 Å². The largest absolute Gasteiger partial charge is 0.341 e. The maximum atomic E-state index is 12.8. The minimum Gasteiger partial charge on any atom is -0.341 e. The molecule has 1 saturated heterocycles. The average molecular weight is 260 g/mol. The molecule has 1 atom stereocenters. The molecular formula is C16H24N2O. The molecule has 1 unspecified atom stereocenters. The van der Waals surface area contributed by atoms with Crippen LogP contribution in [0, 0.1) is 0 Å². The molecule has 1 N–H and O–H groups in total. The first-order valence-corrected chi connectivity index (χ1v) is 7.07. The number of likely N-dealkylation sites (N-methyl/N-ethyl adjacent to an activating group) is 1. The van der Waals surface area contributed by atoms with Gasteiger partial charge in [-0.05, 0) is 38.8 Å². The fourth-order valence-corrected chi connectivity index (χ4v) is 2.75. The van der Waals surface area contributed by atoms with Crippen LogP contribution in [0.2, 0.25) is 0 Å². The number of rotatable bonds is 3. The number of amides is 1. The van der Waals surface area contributed by atoms with Gasteiger partial charge in [0.2, 0.25) is 5.91 Å². The van der Waals surface area contributed by atoms with Crippen molar-refractivity contribution in [2.24, 2.45) is 0 Å². The smallest absolute Gasteiger partial charge is 0.232 e. The van der Waals surface area contributed by atoms with Crippen molar-refractivity contribution < 1.29 is 4.79 Å². The quantitative estimate of drug-likeness (QED) is 0.903. The second-order valence-electron chi connectivity index (χ2n) is 5.91. The molecular weight excluding hydrogens is 236 g/mol. The molecule has 104 valence electrons. The van der Waals surface area contributed by atoms with E-state index in [4.69, 9.17) is 0 Å². The van der Waals surface area contributed by atoms with E-state index in [9.17, 15) is 4.79 Å². The third-order valence-electron chi connectivity index (χ3n) is 4.17. The summed E-state index contributed by atoms with van der Waals surface area (Å²) in [7, 11) is 1.94. The van der Waals surface area contributed by atoms with Gasteiger partial charge in [-0.25, -0.2) is 0 Å². The lowest BCUT2D eigenvalue weighted by Crippen LogP contribution is -2.51. The monoisotopic (exact) mass is 260 g/mol. The van der Waals surface area contributed by atoms with E-state index in [1.54, 1.807) is 0 Å². The van der Waals surface area contributed by atoms with E-state index < -0.39 is 5.41 Å². The van der Waals surface area contributed by atoms with Crippen molar-refractivity contribution in [3.63, 3.8) is 0 Å². The summed E-state index contributed by atoms with van der Waals surface area (Å²) < 4.78 is 0. The van der Waals surface area contributed by atoms with Gasteiger partial charge >= 0.3 is 0 Å². The van der Waals surface area contributed by atoms with Gasteiger partial charge in [0.05, 0.1) is 5.41 Å². The third kappa shape index (κ3) is 2.98. The fraction of sp³-hybridized carbons (Fsp3) is 0.562. The summed E-state index contributed by atoms with van der Waals surface area (Å²) >= 11 is 0. The molecule has 3 heteroatoms. The first kappa shape index (κ1) is 14.1. The van der Waals surface area contributed by atoms with Crippen LogP contribution in [0.4, 0.5) is 0 Å². The lowest BCUT2D eigenvalue weighted by molar-refractivity contribution is -0.137. The molecule has 1 aliphatic heterocycles. The van der Waals surface area contributed by atoms with E-state index in [1.165, 1.54) is 0 Å². The molecule has 1 amide bonds. The van der Waals surface area contributed by atoms with Gasteiger partial charge in [0, 0.05) is 19.6 Å². The number of hydrogen-bond acceptors (Lipinski definition) is 2. The minimum atomic E-state index is -0.465. The molecule has 1 heterocycles. The maximum absolute atomic E-state index is 12.8. The van der Waals surface area contributed by atoms with Crippen LogP contribution < -0.4 is 5.32 Å². The Balaban J connectivity index is 2.13. The zero-order valence-corrected chi connectivity index (χ0v) is 12.1. The van der Waals surface area contributed by atoms with E-state index in [-0.39, 0.29) is 5.91 Å². The van der Waals surface area contributed by atoms with Crippen molar-refractivity contribution in [1.29, 1.82) is 0 Å². The fourth-order valence-electron chi connectivity index (χ4n) is 2.75. The number of piperidine rings is 1. The zero-order chi connectivity index (χ0) is 13.9. The summed E-state index contributed by atoms with van der Waals surface area (Å²) in [5.74, 6) is 0.201. The second kappa shape index (κ2) is 5.74. The van der Waals surface area contributed by atoms with Gasteiger partial charge in [0.25, 0.3) is 0 Å². The standard InChI is InChI=1S/C16H24N2O/c1-16(2,13-8-5-4-6-9-13)15(19)18(3)14-10-7-11-17-12-14/h4-6,8-9,14,17H,7,10-12H2,1-3H3. The lowest BCUT2D eigenvalue weighted by atomic mass is 9.82. The predicted octanol–water partition coefficient (Wildman–Crippen LogP) is 2.17. The molecule has 1 aromatic carbocycles. The number of benzene rings is 1. The van der Waals surface area contributed by atoms with E-state index in [1.807, 2.05) is 56.1 Å². The Labute approximate surface area is 116 Å². The first-order chi connectivity index (χ1) is 9.03. The second-order valence-corrected chi connectivity index (χ2v) is 5.91. The van der Waals surface area contributed by atoms with E-state index in [0.29, 0.717) is 6.04 Å². The molecule has 0 aromatic heterocycles. The van der Waals surface area contributed by atoms with Gasteiger partial charge in [0.15, 0.2) is 0 Å². The molecule has 0 saturated carbocycles. The number of carbonyl (C=O) groups excluding carboxylic acids is 1. The number of carbonyl (C=O) groups is 1. The normalized spacial score (nSPS) is 20.1. The Kier molecular flexibility index (Phi) is 4.25. The SMILES string of the molecule is CN(C(=O)C(C)(C)c1ccccc1)C1CCCNC1. The lowest BCUT2D eigenvalue weighted by Gasteiger charge is -2.37. The summed E-state index contributed by atoms with van der Waals surface area (Å²) in [5, 5.41) is 3.37. The van der Waals surface area contributed by atoms with Crippen molar-refractivity contribution in [2.45, 2.75) is 38.1 Å². The summed E-state index contributed by atoms with van der Waals surface area (Å²) in [4.78, 5) is 14.7. The van der Waals surface area contributed by atoms with Crippen LogP contribution in [-0.2, 0) is 10.2 Å². The molecule has 0 radical (unpaired) electrons. The summed E-state index contributed by atoms with van der Waals surface area (Å²) in [6.45, 7) is 6.00. The average Bonchev–Trinajstić information content (AvgIpc) is 2.47. The summed E-state index contributed by atoms with van der Waals surface area (Å²) in [5.41, 5.74) is 0.614. The van der Waals surface area contributed by atoms with Crippen LogP contribution in [0.15, 0.2) is 30.3 Å². The van der Waals surface area contributed by atoms with Crippen molar-refractivity contribution in [2.75, 3.05) is 20.1 Å². The first-order valence-electron chi connectivity index (χ1n) is 7.07. The van der Waals surface area contributed by atoms with Gasteiger partial charge in [0.1, 0.15) is 0 Å². The highest BCUT2D eigenvalue weighted by Crippen LogP contribution is 2.26. The molecule has 2 rings (SSSR count). The molecule has 0 aliphatic carbocycles. The zero-order valence-electron chi connectivity index (χ0n) is 12.1. The summed E-state index contributed by atoms with van der Waals surface area (Å²) in [6, 6.07) is 10.4. The topological polar surface area (TPSA) is 32.3 Å². The van der Waals surface area contributed by atoms with Gasteiger partial charge in [-0.1, -0.05) is 30.3 Å². The predicted molar refractivity (Wildman–Crippen MR) is 78.1 cm³/mol. The Hall–Kier alpha value is -1.35. The molecule has 0 spiro atoms. The van der Waals surface area contributed by atoms with Gasteiger partial charge in [-0.2, -0.15) is 0 Å². The Morgan fingerprint density at radius 1 is 1.32 bits per heavy atom. The van der Waals surface area contributed by atoms with Crippen molar-refractivity contribution in [3.8, 4) is 0 Å². The van der Waals surface area contributed by atoms with Crippen molar-refractivity contribution >= 4 is 5.91 Å². The van der Waals surface area contributed by atoms with Crippen LogP contribution in [0.25, 0.3) is 0 Å². The highest BCUT2D eigenvalue weighted by atomic mass is 16.2. The highest BCUT2D eigenvalue weighted by molar-refractivity contribution is 5.87. The van der Waals surface area contributed by atoms with Crippen LogP contribution >= 0.6 is 0 Å². The van der Waals surface area contributed by atoms with Gasteiger partial charge in [-0.15, -0.1) is 0 Å². The van der Waals surface area contributed by atoms with Crippen molar-refractivity contribution in [3.05, 3.63) is 35.9 Å². The number of hydrogen-bond donors (Lipinski definition) is 1. The van der Waals surface area contributed by atoms with E-state index in [2.05, 4.69) is 5.32 Å². The molecule has 1 aliphatic rings. The summed E-state index contributed by atoms with van der Waals surface area (Å²) in [6.07, 6.45) is 2.24. The maximum Gasteiger partial charge on any atom is 0.232 e. The Morgan fingerprint density at radius 2 is 2.00 bits per heavy atom. The van der Waals surface area contributed by atoms with Gasteiger partial charge in [-0.3, -0.25) is 4.79 Å². The highest BCUT2D eigenvalue weighted by Gasteiger charge is 2.35. The molecule has 0 bridgehead atoms. The Bertz CT molecular complexity index is 422. The number of nitrogens with zero attached hydrogens (tertiary/aromatic N) is 1. The van der Waals surface area contributed by atoms with Gasteiger partial charge < -0.3 is 10.2 Å². The minimum absolute atomic E-state index is 0.201. The van der Waals surface area contributed by atoms with Crippen molar-refractivity contribution in [1.82, 2.24) is 10.2 Å². The van der Waals surface area contributed by atoms with Crippen LogP contribution in [-0.4, -0.2) is 37.0 Å². The third-order valence-corrected chi connectivity index (χ3v) is 4.17. The molecule has 3 nitrogen and oxygen atoms in total.